The van der Waals surface area contributed by atoms with E-state index in [1.54, 1.807) is 35.1 Å². The van der Waals surface area contributed by atoms with Crippen molar-refractivity contribution in [3.05, 3.63) is 82.0 Å². The minimum Gasteiger partial charge on any atom is -0.491 e. The van der Waals surface area contributed by atoms with Gasteiger partial charge in [0.15, 0.2) is 23.0 Å². The molecule has 22 heteroatoms. The molecule has 0 saturated carbocycles. The van der Waals surface area contributed by atoms with Crippen LogP contribution in [-0.4, -0.2) is 106 Å². The average molecular weight is 877 g/mol. The summed E-state index contributed by atoms with van der Waals surface area (Å²) >= 11 is 0. The molecule has 0 aliphatic heterocycles. The van der Waals surface area contributed by atoms with Crippen LogP contribution in [0.2, 0.25) is 0 Å². The molecule has 8 N–H and O–H groups in total. The Labute approximate surface area is 359 Å². The third-order valence-electron chi connectivity index (χ3n) is 9.51. The second kappa shape index (κ2) is 21.2. The Morgan fingerprint density at radius 1 is 0.746 bits per heavy atom. The number of fused-ring (bicyclic) bond motifs is 2. The molecule has 0 fully saturated rings. The van der Waals surface area contributed by atoms with Crippen LogP contribution in [0.5, 0.6) is 11.5 Å². The van der Waals surface area contributed by atoms with Crippen molar-refractivity contribution in [3.8, 4) is 11.5 Å². The number of hydrogen-bond acceptors (Lipinski definition) is 13. The topological polar surface area (TPSA) is 275 Å². The van der Waals surface area contributed by atoms with Crippen molar-refractivity contribution in [2.45, 2.75) is 66.7 Å². The molecule has 4 aromatic heterocycles. The number of anilines is 2. The number of rotatable bonds is 20. The van der Waals surface area contributed by atoms with E-state index < -0.39 is 29.4 Å². The number of aromatic nitrogens is 8. The first-order valence-corrected chi connectivity index (χ1v) is 20.0. The second-order valence-corrected chi connectivity index (χ2v) is 13.7. The van der Waals surface area contributed by atoms with Crippen LogP contribution < -0.4 is 31.6 Å². The number of imidazole rings is 2. The number of nitrogens with zero attached hydrogens (tertiary/aromatic N) is 8. The van der Waals surface area contributed by atoms with E-state index in [0.717, 1.165) is 0 Å². The number of halogens is 2. The molecular formula is C41H50F2N12O8. The Bertz CT molecular complexity index is 2660. The van der Waals surface area contributed by atoms with Crippen molar-refractivity contribution in [2.75, 3.05) is 44.1 Å². The lowest BCUT2D eigenvalue weighted by Gasteiger charge is -2.13. The van der Waals surface area contributed by atoms with Gasteiger partial charge in [0.05, 0.1) is 35.6 Å². The first-order valence-electron chi connectivity index (χ1n) is 20.0. The number of amides is 3. The van der Waals surface area contributed by atoms with Gasteiger partial charge in [-0.2, -0.15) is 10.2 Å². The van der Waals surface area contributed by atoms with Gasteiger partial charge in [-0.3, -0.25) is 39.2 Å². The highest BCUT2D eigenvalue weighted by Crippen LogP contribution is 2.33. The summed E-state index contributed by atoms with van der Waals surface area (Å²) in [6.07, 6.45) is 4.53. The monoisotopic (exact) mass is 876 g/mol. The van der Waals surface area contributed by atoms with E-state index in [-0.39, 0.29) is 134 Å². The predicted molar refractivity (Wildman–Crippen MR) is 228 cm³/mol. The maximum absolute atomic E-state index is 15.2. The van der Waals surface area contributed by atoms with E-state index in [2.05, 4.69) is 36.5 Å². The second-order valence-electron chi connectivity index (χ2n) is 13.7. The molecule has 0 saturated heterocycles. The number of ether oxygens (including phenoxy) is 2. The molecule has 0 aliphatic carbocycles. The largest absolute Gasteiger partial charge is 0.491 e. The Kier molecular flexibility index (Phi) is 15.8. The molecule has 3 amide bonds. The Hall–Kier alpha value is -7.04. The van der Waals surface area contributed by atoms with Crippen molar-refractivity contribution < 1.29 is 47.6 Å². The number of hydrogen-bond donors (Lipinski definition) is 6. The van der Waals surface area contributed by atoms with Crippen LogP contribution in [0, 0.1) is 25.5 Å². The standard InChI is InChI=1S/C40H45F2N11O8.CH5N/c1-5-52-34(30(41)22(3)48-52)37(58)46-39-44-26-17-24(21-56)18-28(60-15-9-13-54)32(26)50(39)11-7-8-12-51-33-27(19-25(36(43)57)20-29(33)61-16-10-14-55)45-40(51)47-38(59)35-31(42)23(4)49-53(35)6-2;1-2/h7-8,17-21,54-55H,5-6,9-16H2,1-4H3,(H2,43,57)(H,44,46,58)(H,45,47,59);2H2,1H3/b8-7+;. The van der Waals surface area contributed by atoms with Crippen molar-refractivity contribution in [1.29, 1.82) is 0 Å². The van der Waals surface area contributed by atoms with Gasteiger partial charge in [0, 0.05) is 63.4 Å². The molecular weight excluding hydrogens is 827 g/mol. The van der Waals surface area contributed by atoms with Gasteiger partial charge < -0.3 is 40.3 Å². The van der Waals surface area contributed by atoms with Gasteiger partial charge in [-0.15, -0.1) is 0 Å². The summed E-state index contributed by atoms with van der Waals surface area (Å²) in [6.45, 7) is 6.48. The van der Waals surface area contributed by atoms with Crippen LogP contribution in [0.15, 0.2) is 36.4 Å². The lowest BCUT2D eigenvalue weighted by atomic mass is 10.1. The zero-order valence-corrected chi connectivity index (χ0v) is 35.4. The molecule has 0 aliphatic rings. The molecule has 336 valence electrons. The van der Waals surface area contributed by atoms with Crippen molar-refractivity contribution in [1.82, 2.24) is 38.7 Å². The number of carbonyl (C=O) groups is 4. The summed E-state index contributed by atoms with van der Waals surface area (Å²) in [6, 6.07) is 5.83. The lowest BCUT2D eigenvalue weighted by molar-refractivity contribution is 0.0993. The quantitative estimate of drug-likeness (QED) is 0.0365. The van der Waals surface area contributed by atoms with Gasteiger partial charge in [-0.05, 0) is 59.0 Å². The zero-order chi connectivity index (χ0) is 46.0. The van der Waals surface area contributed by atoms with Crippen LogP contribution in [-0.2, 0) is 26.2 Å². The van der Waals surface area contributed by atoms with Gasteiger partial charge in [0.2, 0.25) is 17.8 Å². The average Bonchev–Trinajstić information content (AvgIpc) is 3.98. The summed E-state index contributed by atoms with van der Waals surface area (Å²) < 4.78 is 47.9. The zero-order valence-electron chi connectivity index (χ0n) is 35.4. The van der Waals surface area contributed by atoms with Gasteiger partial charge in [-0.1, -0.05) is 12.2 Å². The Morgan fingerprint density at radius 2 is 1.19 bits per heavy atom. The lowest BCUT2D eigenvalue weighted by Crippen LogP contribution is -2.21. The Morgan fingerprint density at radius 3 is 1.60 bits per heavy atom. The van der Waals surface area contributed by atoms with E-state index in [1.165, 1.54) is 54.5 Å². The molecule has 20 nitrogen and oxygen atoms in total. The fourth-order valence-corrected chi connectivity index (χ4v) is 6.64. The molecule has 0 bridgehead atoms. The highest BCUT2D eigenvalue weighted by Gasteiger charge is 2.27. The fraction of sp³-hybridized carbons (Fsp3) is 0.366. The third-order valence-corrected chi connectivity index (χ3v) is 9.51. The molecule has 0 radical (unpaired) electrons. The molecule has 4 heterocycles. The number of nitrogens with two attached hydrogens (primary N) is 2. The van der Waals surface area contributed by atoms with Gasteiger partial charge in [-0.25, -0.2) is 18.7 Å². The molecule has 0 atom stereocenters. The van der Waals surface area contributed by atoms with E-state index >= 15 is 8.78 Å². The SMILES string of the molecule is CCn1nc(C)c(F)c1C(=O)Nc1nc2cc(C=O)cc(OCCCO)c2n1C/C=C/Cn1c(NC(=O)c2c(F)c(C)nn2CC)nc2cc(C(N)=O)cc(OCCCO)c21.CN. The fourth-order valence-electron chi connectivity index (χ4n) is 6.64. The van der Waals surface area contributed by atoms with Gasteiger partial charge >= 0.3 is 0 Å². The van der Waals surface area contributed by atoms with Crippen LogP contribution in [0.1, 0.15) is 79.8 Å². The van der Waals surface area contributed by atoms with Gasteiger partial charge in [0.1, 0.15) is 28.8 Å². The summed E-state index contributed by atoms with van der Waals surface area (Å²) in [5.41, 5.74) is 11.0. The number of primary amides is 1. The molecule has 6 aromatic rings. The molecule has 0 spiro atoms. The van der Waals surface area contributed by atoms with Crippen LogP contribution in [0.25, 0.3) is 22.1 Å². The third kappa shape index (κ3) is 10.0. The molecule has 63 heavy (non-hydrogen) atoms. The molecule has 6 rings (SSSR count). The molecule has 2 aromatic carbocycles. The minimum absolute atomic E-state index is 0.00235. The number of nitrogens with one attached hydrogen (secondary N) is 2. The van der Waals surface area contributed by atoms with E-state index in [1.807, 2.05) is 0 Å². The summed E-state index contributed by atoms with van der Waals surface area (Å²) in [5, 5.41) is 32.4. The number of aryl methyl sites for hydroxylation is 4. The van der Waals surface area contributed by atoms with Crippen LogP contribution >= 0.6 is 0 Å². The first-order chi connectivity index (χ1) is 30.3. The number of aliphatic hydroxyl groups excluding tert-OH is 2. The summed E-state index contributed by atoms with van der Waals surface area (Å²) in [5.74, 6) is -3.73. The Balaban J connectivity index is 0.00000369. The highest BCUT2D eigenvalue weighted by atomic mass is 19.1. The molecule has 0 unspecified atom stereocenters. The van der Waals surface area contributed by atoms with Gasteiger partial charge in [0.25, 0.3) is 11.8 Å². The number of benzene rings is 2. The minimum atomic E-state index is -0.844. The predicted octanol–water partition coefficient (Wildman–Crippen LogP) is 3.48. The van der Waals surface area contributed by atoms with Crippen LogP contribution in [0.4, 0.5) is 20.7 Å². The van der Waals surface area contributed by atoms with E-state index in [9.17, 15) is 29.4 Å². The van der Waals surface area contributed by atoms with Crippen molar-refractivity contribution in [2.24, 2.45) is 11.5 Å². The van der Waals surface area contributed by atoms with Crippen molar-refractivity contribution in [3.63, 3.8) is 0 Å². The normalized spacial score (nSPS) is 11.3. The summed E-state index contributed by atoms with van der Waals surface area (Å²) in [7, 11) is 1.50. The summed E-state index contributed by atoms with van der Waals surface area (Å²) in [4.78, 5) is 60.7. The number of aldehydes is 1. The maximum atomic E-state index is 15.2. The first kappa shape index (κ1) is 47.0. The highest BCUT2D eigenvalue weighted by molar-refractivity contribution is 6.05. The smallest absolute Gasteiger partial charge is 0.279 e. The number of aliphatic hydroxyl groups is 2. The maximum Gasteiger partial charge on any atom is 0.279 e. The van der Waals surface area contributed by atoms with E-state index in [0.29, 0.717) is 17.3 Å². The number of allylic oxidation sites excluding steroid dienone is 2. The number of carbonyl (C=O) groups excluding carboxylic acids is 4. The van der Waals surface area contributed by atoms with Crippen molar-refractivity contribution >= 4 is 58.0 Å². The van der Waals surface area contributed by atoms with Crippen LogP contribution in [0.3, 0.4) is 0 Å². The van der Waals surface area contributed by atoms with E-state index in [4.69, 9.17) is 15.2 Å².